The van der Waals surface area contributed by atoms with Crippen LogP contribution in [0.4, 0.5) is 11.6 Å². The SMILES string of the molecule is C.CC1(C)CCC(C)(C)c2cc(-c3cccc(N4CCCN(CCCO)CC4)n3)ccc21.CC1(C)CCC(C)(C)c2cc(-c3cccc(N4CCCNCC4)n3)ccc21.OCCCCl. The maximum Gasteiger partial charge on any atom is 0.129 e. The van der Waals surface area contributed by atoms with E-state index in [1.165, 1.54) is 65.5 Å². The van der Waals surface area contributed by atoms with E-state index in [0.717, 1.165) is 94.8 Å². The third-order valence-corrected chi connectivity index (χ3v) is 14.5. The maximum atomic E-state index is 9.12. The van der Waals surface area contributed by atoms with Crippen LogP contribution in [0.25, 0.3) is 22.5 Å². The van der Waals surface area contributed by atoms with E-state index in [1.807, 2.05) is 0 Å². The summed E-state index contributed by atoms with van der Waals surface area (Å²) in [5.41, 5.74) is 11.6. The summed E-state index contributed by atoms with van der Waals surface area (Å²) in [5.74, 6) is 2.75. The van der Waals surface area contributed by atoms with Gasteiger partial charge in [-0.05, 0) is 145 Å². The van der Waals surface area contributed by atoms with Gasteiger partial charge < -0.3 is 30.2 Å². The summed E-state index contributed by atoms with van der Waals surface area (Å²) in [4.78, 5) is 17.4. The molecule has 2 saturated heterocycles. The maximum absolute atomic E-state index is 9.12. The van der Waals surface area contributed by atoms with Gasteiger partial charge in [-0.2, -0.15) is 0 Å². The molecule has 4 aliphatic rings. The number of alkyl halides is 1. The molecule has 0 bridgehead atoms. The fourth-order valence-corrected chi connectivity index (χ4v) is 9.99. The molecule has 0 saturated carbocycles. The second-order valence-electron chi connectivity index (χ2n) is 20.9. The normalized spacial score (nSPS) is 19.8. The van der Waals surface area contributed by atoms with Crippen LogP contribution in [0.5, 0.6) is 0 Å². The smallest absolute Gasteiger partial charge is 0.129 e. The van der Waals surface area contributed by atoms with Crippen LogP contribution in [0.3, 0.4) is 0 Å². The Hall–Kier alpha value is -3.53. The molecule has 3 N–H and O–H groups in total. The summed E-state index contributed by atoms with van der Waals surface area (Å²) < 4.78 is 0. The number of rotatable bonds is 9. The standard InChI is InChI=1S/C27H39N3O.C24H33N3.C3H7ClO.CH4/c1-26(2)12-13-27(3,4)23-20-21(10-11-22(23)26)24-8-5-9-25(28-24)30-16-6-14-29(17-18-30)15-7-19-31;1-23(2)11-12-24(3,4)20-17-18(9-10-19(20)23)21-7-5-8-22(26-21)27-15-6-13-25-14-16-27;4-2-1-3-5;/h5,8-11,20,31H,6-7,12-19H2,1-4H3;5,7-10,17,25H,6,11-16H2,1-4H3;5H,1-3H2;1H4. The molecular weight excluding hydrogens is 812 g/mol. The third kappa shape index (κ3) is 12.9. The summed E-state index contributed by atoms with van der Waals surface area (Å²) in [6.45, 7) is 29.0. The molecule has 2 aromatic carbocycles. The number of fused-ring (bicyclic) bond motifs is 2. The average molecular weight is 896 g/mol. The van der Waals surface area contributed by atoms with Crippen molar-refractivity contribution in [2.75, 3.05) is 87.8 Å². The molecule has 8 nitrogen and oxygen atoms in total. The molecule has 9 heteroatoms. The van der Waals surface area contributed by atoms with Gasteiger partial charge in [0.05, 0.1) is 11.4 Å². The first-order valence-corrected chi connectivity index (χ1v) is 24.6. The number of hydrogen-bond acceptors (Lipinski definition) is 8. The van der Waals surface area contributed by atoms with Crippen molar-refractivity contribution in [3.63, 3.8) is 0 Å². The van der Waals surface area contributed by atoms with Gasteiger partial charge in [-0.25, -0.2) is 9.97 Å². The van der Waals surface area contributed by atoms with Gasteiger partial charge in [-0.15, -0.1) is 11.6 Å². The number of aromatic nitrogens is 2. The van der Waals surface area contributed by atoms with Gasteiger partial charge >= 0.3 is 0 Å². The first-order valence-electron chi connectivity index (χ1n) is 24.0. The van der Waals surface area contributed by atoms with Crippen LogP contribution in [0.2, 0.25) is 0 Å². The van der Waals surface area contributed by atoms with E-state index in [0.29, 0.717) is 12.3 Å². The van der Waals surface area contributed by atoms with Gasteiger partial charge in [0, 0.05) is 76.0 Å². The molecule has 8 rings (SSSR count). The number of benzene rings is 2. The van der Waals surface area contributed by atoms with Crippen molar-refractivity contribution in [2.45, 2.75) is 136 Å². The Morgan fingerprint density at radius 2 is 1.03 bits per heavy atom. The van der Waals surface area contributed by atoms with Crippen LogP contribution >= 0.6 is 11.6 Å². The van der Waals surface area contributed by atoms with Gasteiger partial charge in [0.15, 0.2) is 0 Å². The summed E-state index contributed by atoms with van der Waals surface area (Å²) >= 11 is 5.14. The monoisotopic (exact) mass is 895 g/mol. The van der Waals surface area contributed by atoms with Crippen molar-refractivity contribution < 1.29 is 10.2 Å². The van der Waals surface area contributed by atoms with E-state index >= 15 is 0 Å². The Bertz CT molecular complexity index is 2070. The second-order valence-corrected chi connectivity index (χ2v) is 21.3. The second kappa shape index (κ2) is 22.8. The highest BCUT2D eigenvalue weighted by atomic mass is 35.5. The number of nitrogens with zero attached hydrogens (tertiary/aromatic N) is 5. The molecule has 2 aliphatic carbocycles. The molecule has 2 aliphatic heterocycles. The minimum atomic E-state index is 0. The molecule has 64 heavy (non-hydrogen) atoms. The topological polar surface area (TPSA) is 88.0 Å². The van der Waals surface area contributed by atoms with E-state index in [4.69, 9.17) is 31.8 Å². The van der Waals surface area contributed by atoms with Crippen LogP contribution < -0.4 is 15.1 Å². The lowest BCUT2D eigenvalue weighted by Gasteiger charge is -2.42. The largest absolute Gasteiger partial charge is 0.396 e. The molecule has 0 spiro atoms. The van der Waals surface area contributed by atoms with Crippen LogP contribution in [-0.2, 0) is 21.7 Å². The number of anilines is 2. The van der Waals surface area contributed by atoms with Crippen LogP contribution in [0.15, 0.2) is 72.8 Å². The van der Waals surface area contributed by atoms with E-state index in [2.05, 4.69) is 148 Å². The first-order chi connectivity index (χ1) is 30.1. The molecule has 2 fully saturated rings. The lowest BCUT2D eigenvalue weighted by molar-refractivity contribution is 0.232. The van der Waals surface area contributed by atoms with Gasteiger partial charge in [0.25, 0.3) is 0 Å². The third-order valence-electron chi connectivity index (χ3n) is 14.3. The van der Waals surface area contributed by atoms with Crippen molar-refractivity contribution in [1.29, 1.82) is 0 Å². The molecule has 0 amide bonds. The molecular formula is C55H83ClN6O2. The number of aliphatic hydroxyl groups is 2. The number of hydrogen-bond donors (Lipinski definition) is 3. The van der Waals surface area contributed by atoms with Crippen LogP contribution in [-0.4, -0.2) is 103 Å². The number of nitrogens with one attached hydrogen (secondary N) is 1. The molecule has 4 aromatic rings. The summed E-state index contributed by atoms with van der Waals surface area (Å²) in [6.07, 6.45) is 8.84. The van der Waals surface area contributed by atoms with E-state index in [-0.39, 0.29) is 42.3 Å². The fourth-order valence-electron chi connectivity index (χ4n) is 9.87. The molecule has 0 unspecified atom stereocenters. The Morgan fingerprint density at radius 3 is 1.52 bits per heavy atom. The van der Waals surface area contributed by atoms with Crippen molar-refractivity contribution in [3.8, 4) is 22.5 Å². The highest BCUT2D eigenvalue weighted by Gasteiger charge is 2.38. The zero-order valence-electron chi connectivity index (χ0n) is 40.1. The molecule has 352 valence electrons. The van der Waals surface area contributed by atoms with Crippen LogP contribution in [0, 0.1) is 0 Å². The Labute approximate surface area is 393 Å². The summed E-state index contributed by atoms with van der Waals surface area (Å²) in [5, 5.41) is 20.6. The molecule has 0 atom stereocenters. The lowest BCUT2D eigenvalue weighted by Crippen LogP contribution is -2.33. The van der Waals surface area contributed by atoms with E-state index in [9.17, 15) is 0 Å². The van der Waals surface area contributed by atoms with Gasteiger partial charge in [-0.3, -0.25) is 0 Å². The predicted octanol–water partition coefficient (Wildman–Crippen LogP) is 11.1. The van der Waals surface area contributed by atoms with Crippen molar-refractivity contribution in [3.05, 3.63) is 95.1 Å². The lowest BCUT2D eigenvalue weighted by atomic mass is 9.63. The van der Waals surface area contributed by atoms with E-state index in [1.54, 1.807) is 0 Å². The molecule has 4 heterocycles. The van der Waals surface area contributed by atoms with E-state index < -0.39 is 0 Å². The Balaban J connectivity index is 0.000000216. The highest BCUT2D eigenvalue weighted by Crippen LogP contribution is 2.48. The number of pyridine rings is 2. The minimum Gasteiger partial charge on any atom is -0.396 e. The van der Waals surface area contributed by atoms with Gasteiger partial charge in [0.1, 0.15) is 11.6 Å². The quantitative estimate of drug-likeness (QED) is 0.143. The Kier molecular flexibility index (Phi) is 18.3. The van der Waals surface area contributed by atoms with Crippen LogP contribution in [0.1, 0.15) is 136 Å². The number of aliphatic hydroxyl groups excluding tert-OH is 2. The minimum absolute atomic E-state index is 0. The highest BCUT2D eigenvalue weighted by molar-refractivity contribution is 6.17. The predicted molar refractivity (Wildman–Crippen MR) is 274 cm³/mol. The molecule has 0 radical (unpaired) electrons. The fraction of sp³-hybridized carbons (Fsp3) is 0.600. The average Bonchev–Trinajstić information content (AvgIpc) is 3.71. The van der Waals surface area contributed by atoms with Crippen molar-refractivity contribution in [2.24, 2.45) is 0 Å². The first kappa shape index (κ1) is 51.5. The zero-order chi connectivity index (χ0) is 45.3. The zero-order valence-corrected chi connectivity index (χ0v) is 40.8. The Morgan fingerprint density at radius 1 is 0.547 bits per heavy atom. The number of halogens is 1. The van der Waals surface area contributed by atoms with Gasteiger partial charge in [0.2, 0.25) is 0 Å². The van der Waals surface area contributed by atoms with Crippen molar-refractivity contribution in [1.82, 2.24) is 20.2 Å². The van der Waals surface area contributed by atoms with Crippen molar-refractivity contribution >= 4 is 23.2 Å². The summed E-state index contributed by atoms with van der Waals surface area (Å²) in [6, 6.07) is 27.0. The van der Waals surface area contributed by atoms with Gasteiger partial charge in [-0.1, -0.05) is 99.2 Å². The summed E-state index contributed by atoms with van der Waals surface area (Å²) in [7, 11) is 0. The molecule has 2 aromatic heterocycles.